The SMILES string of the molecule is C=CC(=O)Nc1ccc(CN(C(=O)OC(C)(C)C)[C@H]2CCC[C@@H](Nc3ncc(C)c(-c4n[nH]c5ccccc45)n3)C2)cc1. The van der Waals surface area contributed by atoms with Crippen LogP contribution in [0.2, 0.25) is 0 Å². The molecule has 224 valence electrons. The highest BCUT2D eigenvalue weighted by Gasteiger charge is 2.33. The van der Waals surface area contributed by atoms with Crippen molar-refractivity contribution in [1.82, 2.24) is 25.1 Å². The number of aromatic amines is 1. The van der Waals surface area contributed by atoms with Crippen molar-refractivity contribution >= 4 is 34.5 Å². The van der Waals surface area contributed by atoms with Gasteiger partial charge in [-0.15, -0.1) is 0 Å². The summed E-state index contributed by atoms with van der Waals surface area (Å²) in [5.74, 6) is 0.269. The standard InChI is InChI=1S/C33H39N7O3/c1-6-28(41)35-23-16-14-22(15-17-23)20-40(32(42)43-33(3,4)5)25-11-9-10-24(18-25)36-31-34-19-21(2)29(37-31)30-26-12-7-8-13-27(26)38-39-30/h6-8,12-17,19,24-25H,1,9-11,18,20H2,2-5H3,(H,35,41)(H,38,39)(H,34,36,37)/t24-,25+/m1/s1. The first kappa shape index (κ1) is 29.8. The molecule has 2 aromatic carbocycles. The number of amides is 2. The summed E-state index contributed by atoms with van der Waals surface area (Å²) in [5.41, 5.74) is 4.46. The molecule has 0 aliphatic heterocycles. The first-order chi connectivity index (χ1) is 20.6. The number of nitrogens with one attached hydrogen (secondary N) is 3. The normalized spacial score (nSPS) is 16.8. The van der Waals surface area contributed by atoms with E-state index in [0.29, 0.717) is 18.2 Å². The van der Waals surface area contributed by atoms with Crippen molar-refractivity contribution in [1.29, 1.82) is 0 Å². The Labute approximate surface area is 252 Å². The Morgan fingerprint density at radius 3 is 2.63 bits per heavy atom. The predicted octanol–water partition coefficient (Wildman–Crippen LogP) is 6.61. The van der Waals surface area contributed by atoms with Gasteiger partial charge in [-0.1, -0.05) is 36.9 Å². The van der Waals surface area contributed by atoms with Crippen molar-refractivity contribution in [2.75, 3.05) is 10.6 Å². The summed E-state index contributed by atoms with van der Waals surface area (Å²) in [6.07, 6.45) is 6.18. The number of para-hydroxylation sites is 1. The Hall–Kier alpha value is -4.73. The fraction of sp³-hybridized carbons (Fsp3) is 0.364. The van der Waals surface area contributed by atoms with Crippen LogP contribution < -0.4 is 10.6 Å². The van der Waals surface area contributed by atoms with Gasteiger partial charge in [0, 0.05) is 35.9 Å². The van der Waals surface area contributed by atoms with Gasteiger partial charge in [-0.2, -0.15) is 5.10 Å². The number of fused-ring (bicyclic) bond motifs is 1. The van der Waals surface area contributed by atoms with Gasteiger partial charge < -0.3 is 20.3 Å². The van der Waals surface area contributed by atoms with Crippen molar-refractivity contribution in [2.24, 2.45) is 0 Å². The fourth-order valence-corrected chi connectivity index (χ4v) is 5.40. The van der Waals surface area contributed by atoms with E-state index in [1.54, 1.807) is 0 Å². The number of rotatable bonds is 8. The zero-order valence-electron chi connectivity index (χ0n) is 25.2. The minimum Gasteiger partial charge on any atom is -0.444 e. The van der Waals surface area contributed by atoms with Crippen LogP contribution in [0.4, 0.5) is 16.4 Å². The zero-order valence-corrected chi connectivity index (χ0v) is 25.2. The average Bonchev–Trinajstić information content (AvgIpc) is 3.41. The number of aryl methyl sites for hydroxylation is 1. The van der Waals surface area contributed by atoms with Crippen LogP contribution in [0.25, 0.3) is 22.3 Å². The third-order valence-electron chi connectivity index (χ3n) is 7.47. The molecule has 2 aromatic heterocycles. The van der Waals surface area contributed by atoms with Gasteiger partial charge in [-0.25, -0.2) is 14.8 Å². The molecule has 5 rings (SSSR count). The number of ether oxygens (including phenoxy) is 1. The highest BCUT2D eigenvalue weighted by Crippen LogP contribution is 2.30. The van der Waals surface area contributed by atoms with E-state index in [1.807, 2.05) is 87.3 Å². The molecule has 10 nitrogen and oxygen atoms in total. The minimum absolute atomic E-state index is 0.0403. The molecule has 0 radical (unpaired) electrons. The first-order valence-corrected chi connectivity index (χ1v) is 14.7. The molecule has 2 heterocycles. The molecule has 0 unspecified atom stereocenters. The molecule has 1 fully saturated rings. The van der Waals surface area contributed by atoms with Gasteiger partial charge in [-0.05, 0) is 88.8 Å². The van der Waals surface area contributed by atoms with E-state index in [4.69, 9.17) is 9.72 Å². The van der Waals surface area contributed by atoms with Crippen molar-refractivity contribution in [3.8, 4) is 11.4 Å². The largest absolute Gasteiger partial charge is 0.444 e. The number of hydrogen-bond acceptors (Lipinski definition) is 7. The van der Waals surface area contributed by atoms with Crippen LogP contribution in [-0.2, 0) is 16.1 Å². The number of carbonyl (C=O) groups excluding carboxylic acids is 2. The number of carbonyl (C=O) groups is 2. The summed E-state index contributed by atoms with van der Waals surface area (Å²) >= 11 is 0. The Bertz CT molecular complexity index is 1610. The molecule has 1 aliphatic carbocycles. The van der Waals surface area contributed by atoms with Crippen LogP contribution in [0.3, 0.4) is 0 Å². The molecule has 2 atom stereocenters. The van der Waals surface area contributed by atoms with Crippen LogP contribution in [0.15, 0.2) is 67.4 Å². The number of benzene rings is 2. The highest BCUT2D eigenvalue weighted by atomic mass is 16.6. The van der Waals surface area contributed by atoms with Gasteiger partial charge in [0.25, 0.3) is 0 Å². The highest BCUT2D eigenvalue weighted by molar-refractivity contribution is 5.98. The molecule has 1 saturated carbocycles. The lowest BCUT2D eigenvalue weighted by Gasteiger charge is -2.38. The average molecular weight is 582 g/mol. The molecular weight excluding hydrogens is 542 g/mol. The number of anilines is 2. The van der Waals surface area contributed by atoms with Crippen LogP contribution >= 0.6 is 0 Å². The number of hydrogen-bond donors (Lipinski definition) is 3. The van der Waals surface area contributed by atoms with Gasteiger partial charge in [0.1, 0.15) is 11.3 Å². The second kappa shape index (κ2) is 12.6. The third kappa shape index (κ3) is 7.38. The Morgan fingerprint density at radius 1 is 1.12 bits per heavy atom. The summed E-state index contributed by atoms with van der Waals surface area (Å²) in [6, 6.07) is 15.5. The Balaban J connectivity index is 1.33. The van der Waals surface area contributed by atoms with E-state index in [2.05, 4.69) is 32.4 Å². The van der Waals surface area contributed by atoms with Crippen molar-refractivity contribution in [3.05, 3.63) is 78.5 Å². The van der Waals surface area contributed by atoms with E-state index in [0.717, 1.165) is 59.1 Å². The summed E-state index contributed by atoms with van der Waals surface area (Å²) in [4.78, 5) is 36.4. The van der Waals surface area contributed by atoms with Gasteiger partial charge in [0.05, 0.1) is 11.2 Å². The van der Waals surface area contributed by atoms with Crippen LogP contribution in [0.1, 0.15) is 57.6 Å². The van der Waals surface area contributed by atoms with Gasteiger partial charge in [0.2, 0.25) is 11.9 Å². The summed E-state index contributed by atoms with van der Waals surface area (Å²) in [6.45, 7) is 11.5. The van der Waals surface area contributed by atoms with Gasteiger partial charge in [0.15, 0.2) is 0 Å². The molecule has 2 amide bonds. The minimum atomic E-state index is -0.622. The zero-order chi connectivity index (χ0) is 30.6. The molecular formula is C33H39N7O3. The molecule has 0 bridgehead atoms. The van der Waals surface area contributed by atoms with Crippen molar-refractivity contribution in [2.45, 2.75) is 77.6 Å². The third-order valence-corrected chi connectivity index (χ3v) is 7.47. The van der Waals surface area contributed by atoms with E-state index < -0.39 is 5.60 Å². The number of nitrogens with zero attached hydrogens (tertiary/aromatic N) is 4. The van der Waals surface area contributed by atoms with Crippen LogP contribution in [-0.4, -0.2) is 54.8 Å². The lowest BCUT2D eigenvalue weighted by atomic mass is 9.90. The van der Waals surface area contributed by atoms with E-state index in [9.17, 15) is 9.59 Å². The summed E-state index contributed by atoms with van der Waals surface area (Å²) < 4.78 is 5.84. The number of H-pyrrole nitrogens is 1. The quantitative estimate of drug-likeness (QED) is 0.200. The maximum atomic E-state index is 13.5. The summed E-state index contributed by atoms with van der Waals surface area (Å²) in [7, 11) is 0. The molecule has 1 aliphatic rings. The first-order valence-electron chi connectivity index (χ1n) is 14.7. The Kier molecular flexibility index (Phi) is 8.75. The molecule has 0 saturated heterocycles. The van der Waals surface area contributed by atoms with Gasteiger partial charge in [-0.3, -0.25) is 9.89 Å². The molecule has 0 spiro atoms. The maximum absolute atomic E-state index is 13.5. The summed E-state index contributed by atoms with van der Waals surface area (Å²) in [5, 5.41) is 14.9. The molecule has 3 N–H and O–H groups in total. The second-order valence-electron chi connectivity index (χ2n) is 12.0. The lowest BCUT2D eigenvalue weighted by Crippen LogP contribution is -2.46. The van der Waals surface area contributed by atoms with Crippen LogP contribution in [0.5, 0.6) is 0 Å². The smallest absolute Gasteiger partial charge is 0.410 e. The molecule has 10 heteroatoms. The van der Waals surface area contributed by atoms with E-state index in [-0.39, 0.29) is 24.1 Å². The van der Waals surface area contributed by atoms with Gasteiger partial charge >= 0.3 is 6.09 Å². The van der Waals surface area contributed by atoms with Crippen LogP contribution in [0, 0.1) is 6.92 Å². The van der Waals surface area contributed by atoms with E-state index >= 15 is 0 Å². The second-order valence-corrected chi connectivity index (χ2v) is 12.0. The Morgan fingerprint density at radius 2 is 1.88 bits per heavy atom. The monoisotopic (exact) mass is 581 g/mol. The fourth-order valence-electron chi connectivity index (χ4n) is 5.40. The molecule has 4 aromatic rings. The van der Waals surface area contributed by atoms with Crippen molar-refractivity contribution in [3.63, 3.8) is 0 Å². The topological polar surface area (TPSA) is 125 Å². The maximum Gasteiger partial charge on any atom is 0.410 e. The predicted molar refractivity (Wildman–Crippen MR) is 169 cm³/mol. The lowest BCUT2D eigenvalue weighted by molar-refractivity contribution is -0.111. The number of aromatic nitrogens is 4. The molecule has 43 heavy (non-hydrogen) atoms. The van der Waals surface area contributed by atoms with Crippen molar-refractivity contribution < 1.29 is 14.3 Å². The van der Waals surface area contributed by atoms with E-state index in [1.165, 1.54) is 6.08 Å².